The number of fused-ring (bicyclic) bond motifs is 2. The van der Waals surface area contributed by atoms with Gasteiger partial charge in [0.25, 0.3) is 0 Å². The van der Waals surface area contributed by atoms with Gasteiger partial charge in [-0.3, -0.25) is 24.0 Å². The molecule has 4 N–H and O–H groups in total. The van der Waals surface area contributed by atoms with E-state index in [9.17, 15) is 29.1 Å². The molecule has 12 heteroatoms. The summed E-state index contributed by atoms with van der Waals surface area (Å²) in [7, 11) is 1.55. The molecule has 4 rings (SSSR count). The standard InChI is InChI=1S/C34H49N5O7/c1-5-21(2)30-34(45)38-18-12-11-16-28(38)33(44)35-25(14-7-6-8-17-29(41)22(3)40)31(42)36-26(32(43)37-30)19-23-20-39(46-4)27-15-10-9-13-24(23)27/h9-10,13,15,20-22,25-26,28,30,40H,5-8,11-12,14,16-19H2,1-4H3,(H,35,44)(H,36,42)(H,37,43). The van der Waals surface area contributed by atoms with Gasteiger partial charge in [-0.05, 0) is 56.6 Å². The molecule has 0 aliphatic carbocycles. The van der Waals surface area contributed by atoms with Crippen molar-refractivity contribution in [3.8, 4) is 0 Å². The number of piperidine rings is 1. The largest absolute Gasteiger partial charge is 0.417 e. The fourth-order valence-corrected chi connectivity index (χ4v) is 6.39. The summed E-state index contributed by atoms with van der Waals surface area (Å²) < 4.78 is 1.60. The van der Waals surface area contributed by atoms with Crippen LogP contribution in [0.1, 0.15) is 84.1 Å². The normalized spacial score (nSPS) is 24.2. The van der Waals surface area contributed by atoms with Crippen LogP contribution in [-0.4, -0.2) is 88.1 Å². The van der Waals surface area contributed by atoms with Crippen molar-refractivity contribution < 1.29 is 33.9 Å². The first-order chi connectivity index (χ1) is 22.0. The number of Topliss-reactive ketones (excluding diaryl/α,β-unsaturated/α-hetero) is 1. The third kappa shape index (κ3) is 8.26. The van der Waals surface area contributed by atoms with Gasteiger partial charge in [0.2, 0.25) is 23.6 Å². The highest BCUT2D eigenvalue weighted by Gasteiger charge is 2.41. The summed E-state index contributed by atoms with van der Waals surface area (Å²) >= 11 is 0. The minimum atomic E-state index is -1.04. The average molecular weight is 640 g/mol. The van der Waals surface area contributed by atoms with Crippen LogP contribution in [-0.2, 0) is 30.4 Å². The predicted molar refractivity (Wildman–Crippen MR) is 173 cm³/mol. The molecular weight excluding hydrogens is 590 g/mol. The van der Waals surface area contributed by atoms with Crippen LogP contribution < -0.4 is 20.8 Å². The molecule has 2 saturated heterocycles. The van der Waals surface area contributed by atoms with Crippen LogP contribution in [0.25, 0.3) is 10.9 Å². The fraction of sp³-hybridized carbons (Fsp3) is 0.618. The number of nitrogens with zero attached hydrogens (tertiary/aromatic N) is 2. The van der Waals surface area contributed by atoms with E-state index >= 15 is 0 Å². The number of carbonyl (C=O) groups is 5. The molecule has 3 heterocycles. The molecule has 1 aromatic carbocycles. The van der Waals surface area contributed by atoms with Crippen molar-refractivity contribution in [1.29, 1.82) is 0 Å². The minimum absolute atomic E-state index is 0.129. The lowest BCUT2D eigenvalue weighted by molar-refractivity contribution is -0.147. The first-order valence-corrected chi connectivity index (χ1v) is 16.6. The van der Waals surface area contributed by atoms with Crippen molar-refractivity contribution in [3.05, 3.63) is 36.0 Å². The topological polar surface area (TPSA) is 159 Å². The highest BCUT2D eigenvalue weighted by Crippen LogP contribution is 2.24. The third-order valence-corrected chi connectivity index (χ3v) is 9.39. The lowest BCUT2D eigenvalue weighted by Gasteiger charge is -2.39. The maximum Gasteiger partial charge on any atom is 0.246 e. The second-order valence-electron chi connectivity index (χ2n) is 12.7. The first-order valence-electron chi connectivity index (χ1n) is 16.6. The van der Waals surface area contributed by atoms with Crippen LogP contribution in [0.5, 0.6) is 0 Å². The van der Waals surface area contributed by atoms with Gasteiger partial charge in [0.05, 0.1) is 5.52 Å². The summed E-state index contributed by atoms with van der Waals surface area (Å²) in [5.74, 6) is -2.07. The monoisotopic (exact) mass is 639 g/mol. The zero-order valence-electron chi connectivity index (χ0n) is 27.4. The maximum atomic E-state index is 14.0. The zero-order valence-corrected chi connectivity index (χ0v) is 27.4. The highest BCUT2D eigenvalue weighted by molar-refractivity contribution is 5.98. The van der Waals surface area contributed by atoms with Gasteiger partial charge in [-0.2, -0.15) is 4.73 Å². The quantitative estimate of drug-likeness (QED) is 0.259. The van der Waals surface area contributed by atoms with Crippen LogP contribution in [0.15, 0.2) is 30.5 Å². The summed E-state index contributed by atoms with van der Waals surface area (Å²) in [6.07, 6.45) is 5.73. The second-order valence-corrected chi connectivity index (χ2v) is 12.7. The number of para-hydroxylation sites is 1. The molecule has 4 amide bonds. The van der Waals surface area contributed by atoms with E-state index < -0.39 is 42.1 Å². The van der Waals surface area contributed by atoms with E-state index in [1.165, 1.54) is 6.92 Å². The van der Waals surface area contributed by atoms with Crippen molar-refractivity contribution in [2.45, 2.75) is 115 Å². The molecule has 0 saturated carbocycles. The Balaban J connectivity index is 1.65. The van der Waals surface area contributed by atoms with E-state index in [2.05, 4.69) is 16.0 Å². The van der Waals surface area contributed by atoms with E-state index in [1.807, 2.05) is 38.1 Å². The number of aliphatic hydroxyl groups excluding tert-OH is 1. The Morgan fingerprint density at radius 3 is 2.41 bits per heavy atom. The molecular formula is C34H49N5O7. The average Bonchev–Trinajstić information content (AvgIpc) is 3.41. The molecule has 6 unspecified atom stereocenters. The molecule has 252 valence electrons. The minimum Gasteiger partial charge on any atom is -0.417 e. The van der Waals surface area contributed by atoms with E-state index in [4.69, 9.17) is 4.84 Å². The number of amides is 4. The van der Waals surface area contributed by atoms with Crippen LogP contribution >= 0.6 is 0 Å². The first kappa shape index (κ1) is 34.9. The molecule has 0 radical (unpaired) electrons. The third-order valence-electron chi connectivity index (χ3n) is 9.39. The SMILES string of the molecule is CCC(C)C1NC(=O)C(Cc2cn(OC)c3ccccc23)NC(=O)C(CCCCCC(=O)C(C)O)NC(=O)C2CCCCN2C1=O. The molecule has 1 aromatic heterocycles. The van der Waals surface area contributed by atoms with Gasteiger partial charge in [-0.15, -0.1) is 0 Å². The number of hydrogen-bond acceptors (Lipinski definition) is 7. The number of hydrogen-bond donors (Lipinski definition) is 4. The number of carbonyl (C=O) groups excluding carboxylic acids is 5. The predicted octanol–water partition coefficient (Wildman–Crippen LogP) is 2.04. The molecule has 0 spiro atoms. The lowest BCUT2D eigenvalue weighted by atomic mass is 9.93. The van der Waals surface area contributed by atoms with Gasteiger partial charge in [-0.25, -0.2) is 0 Å². The second kappa shape index (κ2) is 16.1. The van der Waals surface area contributed by atoms with Crippen molar-refractivity contribution >= 4 is 40.3 Å². The number of rotatable bonds is 12. The van der Waals surface area contributed by atoms with Gasteiger partial charge >= 0.3 is 0 Å². The van der Waals surface area contributed by atoms with E-state index in [0.29, 0.717) is 38.6 Å². The van der Waals surface area contributed by atoms with Crippen molar-refractivity contribution in [1.82, 2.24) is 25.6 Å². The molecule has 12 nitrogen and oxygen atoms in total. The van der Waals surface area contributed by atoms with Gasteiger partial charge < -0.3 is 30.8 Å². The number of aromatic nitrogens is 1. The van der Waals surface area contributed by atoms with Gasteiger partial charge in [0.1, 0.15) is 37.4 Å². The summed E-state index contributed by atoms with van der Waals surface area (Å²) in [6.45, 7) is 5.69. The zero-order chi connectivity index (χ0) is 33.4. The number of benzene rings is 1. The summed E-state index contributed by atoms with van der Waals surface area (Å²) in [6, 6.07) is 4.01. The summed E-state index contributed by atoms with van der Waals surface area (Å²) in [5, 5.41) is 19.1. The Labute approximate surface area is 270 Å². The van der Waals surface area contributed by atoms with E-state index in [0.717, 1.165) is 29.3 Å². The van der Waals surface area contributed by atoms with Crippen LogP contribution in [0.3, 0.4) is 0 Å². The Kier molecular flexibility index (Phi) is 12.2. The van der Waals surface area contributed by atoms with Crippen molar-refractivity contribution in [3.63, 3.8) is 0 Å². The molecule has 2 fully saturated rings. The van der Waals surface area contributed by atoms with E-state index in [1.54, 1.807) is 22.9 Å². The van der Waals surface area contributed by atoms with Crippen LogP contribution in [0.2, 0.25) is 0 Å². The Bertz CT molecular complexity index is 1410. The molecule has 46 heavy (non-hydrogen) atoms. The van der Waals surface area contributed by atoms with Crippen molar-refractivity contribution in [2.75, 3.05) is 13.7 Å². The van der Waals surface area contributed by atoms with Gasteiger partial charge in [-0.1, -0.05) is 51.3 Å². The molecule has 6 atom stereocenters. The Morgan fingerprint density at radius 1 is 0.978 bits per heavy atom. The molecule has 2 aliphatic heterocycles. The van der Waals surface area contributed by atoms with Crippen molar-refractivity contribution in [2.24, 2.45) is 5.92 Å². The summed E-state index contributed by atoms with van der Waals surface area (Å²) in [5.41, 5.74) is 1.58. The number of nitrogens with one attached hydrogen (secondary N) is 3. The fourth-order valence-electron chi connectivity index (χ4n) is 6.39. The lowest BCUT2D eigenvalue weighted by Crippen LogP contribution is -2.64. The Morgan fingerprint density at radius 2 is 1.70 bits per heavy atom. The number of ketones is 1. The van der Waals surface area contributed by atoms with Gasteiger partial charge in [0, 0.05) is 31.0 Å². The van der Waals surface area contributed by atoms with Crippen LogP contribution in [0, 0.1) is 5.92 Å². The number of unbranched alkanes of at least 4 members (excludes halogenated alkanes) is 2. The number of aliphatic hydroxyl groups is 1. The molecule has 0 bridgehead atoms. The molecule has 2 aromatic rings. The highest BCUT2D eigenvalue weighted by atomic mass is 16.6. The summed E-state index contributed by atoms with van der Waals surface area (Å²) in [4.78, 5) is 74.6. The van der Waals surface area contributed by atoms with Crippen LogP contribution in [0.4, 0.5) is 0 Å². The smallest absolute Gasteiger partial charge is 0.246 e. The molecule has 2 aliphatic rings. The van der Waals surface area contributed by atoms with E-state index in [-0.39, 0.29) is 42.8 Å². The Hall–Kier alpha value is -3.93. The van der Waals surface area contributed by atoms with Gasteiger partial charge in [0.15, 0.2) is 5.78 Å². The maximum absolute atomic E-state index is 14.0.